The number of rotatable bonds is 6. The number of hydrogen-bond donors (Lipinski definition) is 1. The van der Waals surface area contributed by atoms with Crippen molar-refractivity contribution >= 4 is 50.6 Å². The summed E-state index contributed by atoms with van der Waals surface area (Å²) in [5.41, 5.74) is 2.42. The standard InChI is InChI=1S/C20H14N4O3S2/c25-17(23-14-7-4-8-15(9-14)24(26)27)11-29-20-18-16(13-5-2-1-3-6-13)10-28-19(18)21-12-22-20/h1-10,12H,11H2,(H,23,25). The topological polar surface area (TPSA) is 98.0 Å². The Balaban J connectivity index is 1.53. The lowest BCUT2D eigenvalue weighted by atomic mass is 10.1. The van der Waals surface area contributed by atoms with Gasteiger partial charge in [-0.15, -0.1) is 11.3 Å². The second kappa shape index (κ2) is 8.38. The number of hydrogen-bond acceptors (Lipinski definition) is 7. The lowest BCUT2D eigenvalue weighted by molar-refractivity contribution is -0.384. The molecule has 0 radical (unpaired) electrons. The van der Waals surface area contributed by atoms with Gasteiger partial charge in [-0.25, -0.2) is 9.97 Å². The van der Waals surface area contributed by atoms with Crippen LogP contribution in [0.1, 0.15) is 0 Å². The van der Waals surface area contributed by atoms with Gasteiger partial charge in [0.15, 0.2) is 0 Å². The van der Waals surface area contributed by atoms with Gasteiger partial charge >= 0.3 is 0 Å². The van der Waals surface area contributed by atoms with Crippen molar-refractivity contribution in [2.75, 3.05) is 11.1 Å². The Morgan fingerprint density at radius 1 is 1.14 bits per heavy atom. The van der Waals surface area contributed by atoms with Gasteiger partial charge in [0.1, 0.15) is 16.2 Å². The summed E-state index contributed by atoms with van der Waals surface area (Å²) >= 11 is 2.85. The quantitative estimate of drug-likeness (QED) is 0.203. The van der Waals surface area contributed by atoms with Gasteiger partial charge in [0.25, 0.3) is 5.69 Å². The lowest BCUT2D eigenvalue weighted by Gasteiger charge is -2.07. The molecule has 0 aliphatic rings. The van der Waals surface area contributed by atoms with Crippen LogP contribution in [0.2, 0.25) is 0 Å². The molecule has 0 fully saturated rings. The Hall–Kier alpha value is -3.30. The molecule has 4 aromatic rings. The van der Waals surface area contributed by atoms with E-state index < -0.39 is 4.92 Å². The first-order chi connectivity index (χ1) is 14.1. The molecule has 9 heteroatoms. The van der Waals surface area contributed by atoms with Gasteiger partial charge in [-0.05, 0) is 11.6 Å². The number of nitro benzene ring substituents is 1. The molecule has 4 rings (SSSR count). The highest BCUT2D eigenvalue weighted by atomic mass is 32.2. The maximum absolute atomic E-state index is 12.4. The van der Waals surface area contributed by atoms with Gasteiger partial charge < -0.3 is 5.32 Å². The predicted octanol–water partition coefficient (Wildman–Crippen LogP) is 5.00. The van der Waals surface area contributed by atoms with Gasteiger partial charge in [-0.2, -0.15) is 0 Å². The molecule has 144 valence electrons. The van der Waals surface area contributed by atoms with Crippen molar-refractivity contribution < 1.29 is 9.72 Å². The minimum absolute atomic E-state index is 0.0706. The molecule has 29 heavy (non-hydrogen) atoms. The zero-order chi connectivity index (χ0) is 20.2. The summed E-state index contributed by atoms with van der Waals surface area (Å²) in [6.07, 6.45) is 1.49. The Bertz CT molecular complexity index is 1190. The van der Waals surface area contributed by atoms with Crippen LogP contribution in [-0.2, 0) is 4.79 Å². The number of aromatic nitrogens is 2. The number of thiophene rings is 1. The van der Waals surface area contributed by atoms with E-state index in [1.165, 1.54) is 47.6 Å². The Labute approximate surface area is 174 Å². The number of carbonyl (C=O) groups excluding carboxylic acids is 1. The normalized spacial score (nSPS) is 10.8. The highest BCUT2D eigenvalue weighted by Crippen LogP contribution is 2.37. The molecule has 0 aliphatic carbocycles. The summed E-state index contributed by atoms with van der Waals surface area (Å²) in [5, 5.41) is 17.3. The van der Waals surface area contributed by atoms with E-state index in [1.807, 2.05) is 35.7 Å². The van der Waals surface area contributed by atoms with Crippen LogP contribution in [0.15, 0.2) is 71.3 Å². The van der Waals surface area contributed by atoms with Crippen molar-refractivity contribution in [3.8, 4) is 11.1 Å². The molecule has 2 aromatic carbocycles. The third kappa shape index (κ3) is 4.25. The zero-order valence-electron chi connectivity index (χ0n) is 14.9. The number of anilines is 1. The fourth-order valence-corrected chi connectivity index (χ4v) is 4.61. The SMILES string of the molecule is O=C(CSc1ncnc2scc(-c3ccccc3)c12)Nc1cccc([N+](=O)[O-])c1. The number of nitrogens with one attached hydrogen (secondary N) is 1. The first kappa shape index (κ1) is 19.0. The maximum Gasteiger partial charge on any atom is 0.271 e. The number of nitrogens with zero attached hydrogens (tertiary/aromatic N) is 3. The molecule has 2 aromatic heterocycles. The molecule has 2 heterocycles. The first-order valence-electron chi connectivity index (χ1n) is 8.56. The van der Waals surface area contributed by atoms with Crippen molar-refractivity contribution in [3.05, 3.63) is 76.4 Å². The fraction of sp³-hybridized carbons (Fsp3) is 0.0500. The molecule has 0 spiro atoms. The third-order valence-corrected chi connectivity index (χ3v) is 5.98. The number of thioether (sulfide) groups is 1. The van der Waals surface area contributed by atoms with Crippen LogP contribution in [0.25, 0.3) is 21.3 Å². The van der Waals surface area contributed by atoms with Crippen LogP contribution in [0.5, 0.6) is 0 Å². The summed E-state index contributed by atoms with van der Waals surface area (Å²) in [4.78, 5) is 32.3. The highest BCUT2D eigenvalue weighted by molar-refractivity contribution is 8.00. The molecular weight excluding hydrogens is 408 g/mol. The average Bonchev–Trinajstić information content (AvgIpc) is 3.18. The van der Waals surface area contributed by atoms with Gasteiger partial charge in [0.2, 0.25) is 5.91 Å². The molecule has 0 bridgehead atoms. The summed E-state index contributed by atoms with van der Waals surface area (Å²) in [7, 11) is 0. The largest absolute Gasteiger partial charge is 0.325 e. The minimum atomic E-state index is -0.496. The van der Waals surface area contributed by atoms with Crippen LogP contribution in [0.4, 0.5) is 11.4 Å². The first-order valence-corrected chi connectivity index (χ1v) is 10.4. The smallest absolute Gasteiger partial charge is 0.271 e. The molecular formula is C20H14N4O3S2. The van der Waals surface area contributed by atoms with Crippen LogP contribution in [-0.4, -0.2) is 26.6 Å². The molecule has 7 nitrogen and oxygen atoms in total. The van der Waals surface area contributed by atoms with Crippen LogP contribution in [0, 0.1) is 10.1 Å². The van der Waals surface area contributed by atoms with E-state index >= 15 is 0 Å². The molecule has 0 saturated heterocycles. The highest BCUT2D eigenvalue weighted by Gasteiger charge is 2.15. The average molecular weight is 422 g/mol. The Morgan fingerprint density at radius 2 is 1.97 bits per heavy atom. The van der Waals surface area contributed by atoms with Crippen molar-refractivity contribution in [1.29, 1.82) is 0 Å². The molecule has 1 N–H and O–H groups in total. The zero-order valence-corrected chi connectivity index (χ0v) is 16.6. The summed E-state index contributed by atoms with van der Waals surface area (Å²) in [5.74, 6) is -0.141. The fourth-order valence-electron chi connectivity index (χ4n) is 2.82. The van der Waals surface area contributed by atoms with E-state index in [9.17, 15) is 14.9 Å². The van der Waals surface area contributed by atoms with E-state index in [1.54, 1.807) is 6.07 Å². The van der Waals surface area contributed by atoms with E-state index in [2.05, 4.69) is 15.3 Å². The van der Waals surface area contributed by atoms with E-state index in [0.717, 1.165) is 26.4 Å². The van der Waals surface area contributed by atoms with Crippen LogP contribution in [0.3, 0.4) is 0 Å². The Morgan fingerprint density at radius 3 is 2.76 bits per heavy atom. The van der Waals surface area contributed by atoms with Crippen molar-refractivity contribution in [3.63, 3.8) is 0 Å². The Kier molecular flexibility index (Phi) is 5.50. The van der Waals surface area contributed by atoms with Gasteiger partial charge in [-0.1, -0.05) is 48.2 Å². The molecule has 0 aliphatic heterocycles. The molecule has 0 saturated carbocycles. The number of fused-ring (bicyclic) bond motifs is 1. The number of nitro groups is 1. The van der Waals surface area contributed by atoms with E-state index in [0.29, 0.717) is 5.69 Å². The monoisotopic (exact) mass is 422 g/mol. The number of benzene rings is 2. The lowest BCUT2D eigenvalue weighted by Crippen LogP contribution is -2.14. The number of non-ortho nitro benzene ring substituents is 1. The van der Waals surface area contributed by atoms with Crippen molar-refractivity contribution in [2.45, 2.75) is 5.03 Å². The predicted molar refractivity (Wildman–Crippen MR) is 115 cm³/mol. The molecule has 0 atom stereocenters. The minimum Gasteiger partial charge on any atom is -0.325 e. The van der Waals surface area contributed by atoms with Crippen LogP contribution < -0.4 is 5.32 Å². The van der Waals surface area contributed by atoms with Gasteiger partial charge in [-0.3, -0.25) is 14.9 Å². The molecule has 0 unspecified atom stereocenters. The van der Waals surface area contributed by atoms with Gasteiger partial charge in [0.05, 0.1) is 16.1 Å². The van der Waals surface area contributed by atoms with Crippen molar-refractivity contribution in [2.24, 2.45) is 0 Å². The third-order valence-electron chi connectivity index (χ3n) is 4.10. The van der Waals surface area contributed by atoms with E-state index in [-0.39, 0.29) is 17.3 Å². The van der Waals surface area contributed by atoms with Crippen LogP contribution >= 0.6 is 23.1 Å². The summed E-state index contributed by atoms with van der Waals surface area (Å²) in [6.45, 7) is 0. The summed E-state index contributed by atoms with van der Waals surface area (Å²) in [6, 6.07) is 15.8. The number of amides is 1. The van der Waals surface area contributed by atoms with Gasteiger partial charge in [0, 0.05) is 28.8 Å². The molecule has 1 amide bonds. The number of carbonyl (C=O) groups is 1. The second-order valence-corrected chi connectivity index (χ2v) is 7.84. The van der Waals surface area contributed by atoms with Crippen molar-refractivity contribution in [1.82, 2.24) is 9.97 Å². The maximum atomic E-state index is 12.4. The summed E-state index contributed by atoms with van der Waals surface area (Å²) < 4.78 is 0. The second-order valence-electron chi connectivity index (χ2n) is 6.02. The van der Waals surface area contributed by atoms with E-state index in [4.69, 9.17) is 0 Å².